The third-order valence-corrected chi connectivity index (χ3v) is 3.84. The fourth-order valence-electron chi connectivity index (χ4n) is 2.16. The minimum atomic E-state index is -0.601. The van der Waals surface area contributed by atoms with Crippen LogP contribution >= 0.6 is 15.9 Å². The standard InChI is InChI=1S/C14H17BrFN3O2/c1-18(9-13(20)19-6-4-17-5-7-19)14(21)11-3-2-10(15)8-12(11)16/h2-3,8,17H,4-7,9H2,1H3. The summed E-state index contributed by atoms with van der Waals surface area (Å²) in [5.74, 6) is -1.22. The van der Waals surface area contributed by atoms with Crippen molar-refractivity contribution in [1.29, 1.82) is 0 Å². The normalized spacial score (nSPS) is 14.9. The highest BCUT2D eigenvalue weighted by Gasteiger charge is 2.22. The number of nitrogens with zero attached hydrogens (tertiary/aromatic N) is 2. The lowest BCUT2D eigenvalue weighted by Crippen LogP contribution is -2.49. The Balaban J connectivity index is 2.00. The van der Waals surface area contributed by atoms with E-state index in [0.29, 0.717) is 17.6 Å². The van der Waals surface area contributed by atoms with E-state index in [1.165, 1.54) is 24.1 Å². The number of benzene rings is 1. The van der Waals surface area contributed by atoms with Gasteiger partial charge in [-0.2, -0.15) is 0 Å². The summed E-state index contributed by atoms with van der Waals surface area (Å²) in [7, 11) is 1.50. The van der Waals surface area contributed by atoms with E-state index in [1.807, 2.05) is 0 Å². The molecule has 2 amide bonds. The van der Waals surface area contributed by atoms with Crippen LogP contribution in [0.2, 0.25) is 0 Å². The largest absolute Gasteiger partial charge is 0.339 e. The highest BCUT2D eigenvalue weighted by Crippen LogP contribution is 2.16. The van der Waals surface area contributed by atoms with E-state index in [-0.39, 0.29) is 18.0 Å². The molecule has 0 aliphatic carbocycles. The van der Waals surface area contributed by atoms with Crippen molar-refractivity contribution >= 4 is 27.7 Å². The van der Waals surface area contributed by atoms with E-state index >= 15 is 0 Å². The Labute approximate surface area is 131 Å². The van der Waals surface area contributed by atoms with Crippen LogP contribution in [-0.4, -0.2) is 61.4 Å². The third-order valence-electron chi connectivity index (χ3n) is 3.35. The lowest BCUT2D eigenvalue weighted by atomic mass is 10.2. The van der Waals surface area contributed by atoms with Crippen molar-refractivity contribution in [3.8, 4) is 0 Å². The molecule has 0 atom stereocenters. The number of likely N-dealkylation sites (N-methyl/N-ethyl adjacent to an activating group) is 1. The summed E-state index contributed by atoms with van der Waals surface area (Å²) in [6.07, 6.45) is 0. The predicted molar refractivity (Wildman–Crippen MR) is 80.5 cm³/mol. The van der Waals surface area contributed by atoms with Crippen LogP contribution in [0.5, 0.6) is 0 Å². The number of rotatable bonds is 3. The summed E-state index contributed by atoms with van der Waals surface area (Å²) in [6.45, 7) is 2.73. The van der Waals surface area contributed by atoms with Gasteiger partial charge in [0.25, 0.3) is 5.91 Å². The van der Waals surface area contributed by atoms with Crippen molar-refractivity contribution in [2.45, 2.75) is 0 Å². The van der Waals surface area contributed by atoms with Gasteiger partial charge in [0.1, 0.15) is 5.82 Å². The van der Waals surface area contributed by atoms with Crippen molar-refractivity contribution in [3.63, 3.8) is 0 Å². The molecule has 0 aromatic heterocycles. The van der Waals surface area contributed by atoms with Crippen LogP contribution in [0.25, 0.3) is 0 Å². The number of nitrogens with one attached hydrogen (secondary N) is 1. The Hall–Kier alpha value is -1.47. The molecule has 7 heteroatoms. The monoisotopic (exact) mass is 357 g/mol. The Bertz CT molecular complexity index is 547. The number of hydrogen-bond acceptors (Lipinski definition) is 3. The summed E-state index contributed by atoms with van der Waals surface area (Å²) in [5.41, 5.74) is -0.0335. The first-order chi connectivity index (χ1) is 9.99. The van der Waals surface area contributed by atoms with E-state index in [0.717, 1.165) is 13.1 Å². The number of amides is 2. The predicted octanol–water partition coefficient (Wildman–Crippen LogP) is 1.09. The van der Waals surface area contributed by atoms with Crippen LogP contribution in [-0.2, 0) is 4.79 Å². The fourth-order valence-corrected chi connectivity index (χ4v) is 2.49. The van der Waals surface area contributed by atoms with Crippen molar-refractivity contribution in [1.82, 2.24) is 15.1 Å². The first-order valence-corrected chi connectivity index (χ1v) is 7.47. The highest BCUT2D eigenvalue weighted by molar-refractivity contribution is 9.10. The maximum absolute atomic E-state index is 13.8. The molecule has 1 aromatic rings. The summed E-state index contributed by atoms with van der Waals surface area (Å²) >= 11 is 3.14. The molecular formula is C14H17BrFN3O2. The lowest BCUT2D eigenvalue weighted by molar-refractivity contribution is -0.132. The van der Waals surface area contributed by atoms with Crippen LogP contribution in [0.15, 0.2) is 22.7 Å². The van der Waals surface area contributed by atoms with Gasteiger partial charge in [-0.15, -0.1) is 0 Å². The average molecular weight is 358 g/mol. The third kappa shape index (κ3) is 4.01. The molecule has 1 N–H and O–H groups in total. The van der Waals surface area contributed by atoms with E-state index in [4.69, 9.17) is 0 Å². The molecule has 1 aromatic carbocycles. The summed E-state index contributed by atoms with van der Waals surface area (Å²) in [5, 5.41) is 3.16. The van der Waals surface area contributed by atoms with Crippen molar-refractivity contribution in [3.05, 3.63) is 34.1 Å². The minimum Gasteiger partial charge on any atom is -0.339 e. The number of piperazine rings is 1. The lowest BCUT2D eigenvalue weighted by Gasteiger charge is -2.29. The summed E-state index contributed by atoms with van der Waals surface area (Å²) < 4.78 is 14.3. The van der Waals surface area contributed by atoms with Gasteiger partial charge in [-0.05, 0) is 18.2 Å². The summed E-state index contributed by atoms with van der Waals surface area (Å²) in [4.78, 5) is 27.2. The van der Waals surface area contributed by atoms with Crippen molar-refractivity contribution in [2.75, 3.05) is 39.8 Å². The smallest absolute Gasteiger partial charge is 0.257 e. The van der Waals surface area contributed by atoms with Gasteiger partial charge >= 0.3 is 0 Å². The zero-order valence-electron chi connectivity index (χ0n) is 11.7. The molecule has 0 bridgehead atoms. The van der Waals surface area contributed by atoms with E-state index < -0.39 is 11.7 Å². The molecule has 21 heavy (non-hydrogen) atoms. The topological polar surface area (TPSA) is 52.7 Å². The quantitative estimate of drug-likeness (QED) is 0.880. The van der Waals surface area contributed by atoms with Gasteiger partial charge in [0, 0.05) is 37.7 Å². The number of carbonyl (C=O) groups excluding carboxylic acids is 2. The number of halogens is 2. The number of carbonyl (C=O) groups is 2. The Morgan fingerprint density at radius 2 is 2.05 bits per heavy atom. The molecule has 1 saturated heterocycles. The second-order valence-electron chi connectivity index (χ2n) is 4.92. The number of hydrogen-bond donors (Lipinski definition) is 1. The van der Waals surface area contributed by atoms with E-state index in [1.54, 1.807) is 11.0 Å². The van der Waals surface area contributed by atoms with Gasteiger partial charge in [0.2, 0.25) is 5.91 Å². The first kappa shape index (κ1) is 15.9. The molecule has 1 fully saturated rings. The molecular weight excluding hydrogens is 341 g/mol. The minimum absolute atomic E-state index is 0.0335. The van der Waals surface area contributed by atoms with Gasteiger partial charge in [0.05, 0.1) is 12.1 Å². The fraction of sp³-hybridized carbons (Fsp3) is 0.429. The Kier molecular flexibility index (Phi) is 5.30. The molecule has 2 rings (SSSR count). The van der Waals surface area contributed by atoms with Crippen LogP contribution in [0.4, 0.5) is 4.39 Å². The highest BCUT2D eigenvalue weighted by atomic mass is 79.9. The zero-order valence-corrected chi connectivity index (χ0v) is 13.3. The summed E-state index contributed by atoms with van der Waals surface area (Å²) in [6, 6.07) is 4.25. The van der Waals surface area contributed by atoms with Crippen molar-refractivity contribution < 1.29 is 14.0 Å². The van der Waals surface area contributed by atoms with E-state index in [9.17, 15) is 14.0 Å². The van der Waals surface area contributed by atoms with E-state index in [2.05, 4.69) is 21.2 Å². The maximum Gasteiger partial charge on any atom is 0.257 e. The molecule has 1 aliphatic rings. The van der Waals surface area contributed by atoms with Gasteiger partial charge in [-0.25, -0.2) is 4.39 Å². The second-order valence-corrected chi connectivity index (χ2v) is 5.83. The molecule has 0 radical (unpaired) electrons. The Morgan fingerprint density at radius 3 is 2.67 bits per heavy atom. The van der Waals surface area contributed by atoms with Gasteiger partial charge in [0.15, 0.2) is 0 Å². The molecule has 0 unspecified atom stereocenters. The van der Waals surface area contributed by atoms with Gasteiger partial charge < -0.3 is 15.1 Å². The first-order valence-electron chi connectivity index (χ1n) is 6.68. The maximum atomic E-state index is 13.8. The molecule has 5 nitrogen and oxygen atoms in total. The molecule has 1 aliphatic heterocycles. The van der Waals surface area contributed by atoms with Gasteiger partial charge in [-0.1, -0.05) is 15.9 Å². The molecule has 114 valence electrons. The van der Waals surface area contributed by atoms with Crippen LogP contribution < -0.4 is 5.32 Å². The Morgan fingerprint density at radius 1 is 1.38 bits per heavy atom. The van der Waals surface area contributed by atoms with Gasteiger partial charge in [-0.3, -0.25) is 9.59 Å². The van der Waals surface area contributed by atoms with Crippen molar-refractivity contribution in [2.24, 2.45) is 0 Å². The van der Waals surface area contributed by atoms with Crippen LogP contribution in [0, 0.1) is 5.82 Å². The second kappa shape index (κ2) is 7.00. The average Bonchev–Trinajstić information content (AvgIpc) is 2.47. The zero-order chi connectivity index (χ0) is 15.4. The molecule has 0 spiro atoms. The van der Waals surface area contributed by atoms with Crippen LogP contribution in [0.3, 0.4) is 0 Å². The SMILES string of the molecule is CN(CC(=O)N1CCNCC1)C(=O)c1ccc(Br)cc1F. The molecule has 0 saturated carbocycles. The molecule has 1 heterocycles. The van der Waals surface area contributed by atoms with Crippen LogP contribution in [0.1, 0.15) is 10.4 Å².